The topological polar surface area (TPSA) is 75.4 Å². The Balaban J connectivity index is 2.73. The zero-order valence-electron chi connectivity index (χ0n) is 10.8. The predicted octanol–water partition coefficient (Wildman–Crippen LogP) is 2.71. The van der Waals surface area contributed by atoms with Gasteiger partial charge in [-0.15, -0.1) is 0 Å². The SMILES string of the molecule is CCCCN(C(N)=O)C(=O)Nc1ccccc1C. The summed E-state index contributed by atoms with van der Waals surface area (Å²) in [6.07, 6.45) is 1.63. The highest BCUT2D eigenvalue weighted by Crippen LogP contribution is 2.14. The normalized spacial score (nSPS) is 9.89. The molecule has 5 nitrogen and oxygen atoms in total. The number of rotatable bonds is 4. The first-order valence-corrected chi connectivity index (χ1v) is 5.99. The highest BCUT2D eigenvalue weighted by atomic mass is 16.2. The fourth-order valence-electron chi connectivity index (χ4n) is 1.52. The zero-order chi connectivity index (χ0) is 13.5. The molecule has 0 heterocycles. The number of anilines is 1. The Hall–Kier alpha value is -2.04. The van der Waals surface area contributed by atoms with Crippen molar-refractivity contribution in [3.63, 3.8) is 0 Å². The Morgan fingerprint density at radius 2 is 2.00 bits per heavy atom. The van der Waals surface area contributed by atoms with E-state index in [1.54, 1.807) is 6.07 Å². The number of hydrogen-bond donors (Lipinski definition) is 2. The molecule has 0 aliphatic rings. The van der Waals surface area contributed by atoms with E-state index in [9.17, 15) is 9.59 Å². The van der Waals surface area contributed by atoms with Crippen molar-refractivity contribution in [3.05, 3.63) is 29.8 Å². The van der Waals surface area contributed by atoms with Gasteiger partial charge in [0.15, 0.2) is 0 Å². The van der Waals surface area contributed by atoms with Gasteiger partial charge in [-0.3, -0.25) is 0 Å². The number of unbranched alkanes of at least 4 members (excludes halogenated alkanes) is 1. The van der Waals surface area contributed by atoms with Crippen LogP contribution in [0.3, 0.4) is 0 Å². The Morgan fingerprint density at radius 3 is 2.56 bits per heavy atom. The number of nitrogens with zero attached hydrogens (tertiary/aromatic N) is 1. The maximum Gasteiger partial charge on any atom is 0.329 e. The predicted molar refractivity (Wildman–Crippen MR) is 71.4 cm³/mol. The van der Waals surface area contributed by atoms with Gasteiger partial charge in [0.25, 0.3) is 0 Å². The number of primary amides is 1. The van der Waals surface area contributed by atoms with Crippen molar-refractivity contribution in [2.75, 3.05) is 11.9 Å². The van der Waals surface area contributed by atoms with Gasteiger partial charge in [-0.1, -0.05) is 31.5 Å². The molecule has 0 bridgehead atoms. The van der Waals surface area contributed by atoms with Crippen LogP contribution in [0, 0.1) is 6.92 Å². The molecule has 1 aromatic rings. The molecule has 3 N–H and O–H groups in total. The van der Waals surface area contributed by atoms with Gasteiger partial charge in [-0.25, -0.2) is 14.5 Å². The number of amides is 4. The van der Waals surface area contributed by atoms with Crippen LogP contribution in [0.25, 0.3) is 0 Å². The number of carbonyl (C=O) groups is 2. The van der Waals surface area contributed by atoms with Crippen LogP contribution >= 0.6 is 0 Å². The van der Waals surface area contributed by atoms with Gasteiger partial charge >= 0.3 is 12.1 Å². The molecule has 0 aliphatic heterocycles. The van der Waals surface area contributed by atoms with E-state index in [1.165, 1.54) is 0 Å². The number of benzene rings is 1. The Kier molecular flexibility index (Phi) is 5.17. The summed E-state index contributed by atoms with van der Waals surface area (Å²) in [6.45, 7) is 4.21. The molecule has 0 unspecified atom stereocenters. The van der Waals surface area contributed by atoms with Gasteiger partial charge in [0.05, 0.1) is 0 Å². The monoisotopic (exact) mass is 249 g/mol. The summed E-state index contributed by atoms with van der Waals surface area (Å²) >= 11 is 0. The van der Waals surface area contributed by atoms with Crippen molar-refractivity contribution in [3.8, 4) is 0 Å². The molecule has 0 saturated carbocycles. The minimum absolute atomic E-state index is 0.337. The molecule has 18 heavy (non-hydrogen) atoms. The van der Waals surface area contributed by atoms with E-state index in [0.29, 0.717) is 12.2 Å². The second kappa shape index (κ2) is 6.64. The number of aryl methyl sites for hydroxylation is 1. The average Bonchev–Trinajstić information content (AvgIpc) is 2.32. The molecule has 98 valence electrons. The maximum absolute atomic E-state index is 11.9. The zero-order valence-corrected chi connectivity index (χ0v) is 10.8. The van der Waals surface area contributed by atoms with E-state index in [4.69, 9.17) is 5.73 Å². The van der Waals surface area contributed by atoms with Crippen LogP contribution in [0.1, 0.15) is 25.3 Å². The van der Waals surface area contributed by atoms with E-state index in [2.05, 4.69) is 5.32 Å². The number of nitrogens with two attached hydrogens (primary N) is 1. The van der Waals surface area contributed by atoms with Gasteiger partial charge in [0, 0.05) is 12.2 Å². The summed E-state index contributed by atoms with van der Waals surface area (Å²) in [5, 5.41) is 2.69. The lowest BCUT2D eigenvalue weighted by Crippen LogP contribution is -2.43. The van der Waals surface area contributed by atoms with Gasteiger partial charge in [-0.2, -0.15) is 0 Å². The third-order valence-corrected chi connectivity index (χ3v) is 2.63. The van der Waals surface area contributed by atoms with Crippen molar-refractivity contribution in [1.29, 1.82) is 0 Å². The third-order valence-electron chi connectivity index (χ3n) is 2.63. The molecular formula is C13H19N3O2. The molecular weight excluding hydrogens is 230 g/mol. The first kappa shape index (κ1) is 14.0. The van der Waals surface area contributed by atoms with Crippen molar-refractivity contribution in [1.82, 2.24) is 4.90 Å². The minimum Gasteiger partial charge on any atom is -0.351 e. The highest BCUT2D eigenvalue weighted by molar-refractivity contribution is 6.00. The van der Waals surface area contributed by atoms with Gasteiger partial charge in [-0.05, 0) is 25.0 Å². The number of para-hydroxylation sites is 1. The largest absolute Gasteiger partial charge is 0.351 e. The van der Waals surface area contributed by atoms with E-state index >= 15 is 0 Å². The van der Waals surface area contributed by atoms with Crippen molar-refractivity contribution in [2.24, 2.45) is 5.73 Å². The molecule has 0 atom stereocenters. The quantitative estimate of drug-likeness (QED) is 0.860. The second-order valence-corrected chi connectivity index (χ2v) is 4.09. The van der Waals surface area contributed by atoms with Gasteiger partial charge < -0.3 is 11.1 Å². The third kappa shape index (κ3) is 3.76. The molecule has 0 aliphatic carbocycles. The van der Waals surface area contributed by atoms with Crippen LogP contribution in [-0.4, -0.2) is 23.5 Å². The smallest absolute Gasteiger partial charge is 0.329 e. The summed E-state index contributed by atoms with van der Waals surface area (Å²) in [4.78, 5) is 24.2. The molecule has 1 rings (SSSR count). The Morgan fingerprint density at radius 1 is 1.33 bits per heavy atom. The first-order valence-electron chi connectivity index (χ1n) is 5.99. The number of imide groups is 1. The van der Waals surface area contributed by atoms with Crippen LogP contribution in [0.5, 0.6) is 0 Å². The van der Waals surface area contributed by atoms with Gasteiger partial charge in [0.1, 0.15) is 0 Å². The summed E-state index contributed by atoms with van der Waals surface area (Å²) < 4.78 is 0. The molecule has 0 radical (unpaired) electrons. The molecule has 0 spiro atoms. The number of urea groups is 2. The van der Waals surface area contributed by atoms with Crippen LogP contribution < -0.4 is 11.1 Å². The average molecular weight is 249 g/mol. The fourth-order valence-corrected chi connectivity index (χ4v) is 1.52. The van der Waals surface area contributed by atoms with Crippen molar-refractivity contribution < 1.29 is 9.59 Å². The van der Waals surface area contributed by atoms with Crippen LogP contribution in [0.2, 0.25) is 0 Å². The summed E-state index contributed by atoms with van der Waals surface area (Å²) in [7, 11) is 0. The molecule has 1 aromatic carbocycles. The summed E-state index contributed by atoms with van der Waals surface area (Å²) in [6, 6.07) is 6.17. The summed E-state index contributed by atoms with van der Waals surface area (Å²) in [5.41, 5.74) is 6.82. The first-order chi connectivity index (χ1) is 8.56. The summed E-state index contributed by atoms with van der Waals surface area (Å²) in [5.74, 6) is 0. The van der Waals surface area contributed by atoms with E-state index in [-0.39, 0.29) is 0 Å². The lowest BCUT2D eigenvalue weighted by atomic mass is 10.2. The lowest BCUT2D eigenvalue weighted by molar-refractivity contribution is 0.199. The number of carbonyl (C=O) groups excluding carboxylic acids is 2. The second-order valence-electron chi connectivity index (χ2n) is 4.09. The molecule has 4 amide bonds. The Bertz CT molecular complexity index is 432. The van der Waals surface area contributed by atoms with Crippen LogP contribution in [-0.2, 0) is 0 Å². The molecule has 0 aromatic heterocycles. The van der Waals surface area contributed by atoms with E-state index in [0.717, 1.165) is 23.3 Å². The van der Waals surface area contributed by atoms with Crippen LogP contribution in [0.15, 0.2) is 24.3 Å². The fraction of sp³-hybridized carbons (Fsp3) is 0.385. The molecule has 0 fully saturated rings. The van der Waals surface area contributed by atoms with Gasteiger partial charge in [0.2, 0.25) is 0 Å². The standard InChI is InChI=1S/C13H19N3O2/c1-3-4-9-16(12(14)17)13(18)15-11-8-6-5-7-10(11)2/h5-8H,3-4,9H2,1-2H3,(H2,14,17)(H,15,18). The maximum atomic E-state index is 11.9. The van der Waals surface area contributed by atoms with E-state index < -0.39 is 12.1 Å². The number of nitrogens with one attached hydrogen (secondary N) is 1. The molecule has 5 heteroatoms. The minimum atomic E-state index is -0.727. The van der Waals surface area contributed by atoms with Crippen molar-refractivity contribution >= 4 is 17.7 Å². The molecule has 0 saturated heterocycles. The highest BCUT2D eigenvalue weighted by Gasteiger charge is 2.18. The van der Waals surface area contributed by atoms with E-state index in [1.807, 2.05) is 32.0 Å². The van der Waals surface area contributed by atoms with Crippen LogP contribution in [0.4, 0.5) is 15.3 Å². The number of hydrogen-bond acceptors (Lipinski definition) is 2. The Labute approximate surface area is 107 Å². The van der Waals surface area contributed by atoms with Crippen molar-refractivity contribution in [2.45, 2.75) is 26.7 Å². The lowest BCUT2D eigenvalue weighted by Gasteiger charge is -2.19.